The number of rotatable bonds is 0. The summed E-state index contributed by atoms with van der Waals surface area (Å²) in [5.41, 5.74) is 0. The predicted octanol–water partition coefficient (Wildman–Crippen LogP) is 0.0555. The molecule has 1 N–H and O–H groups in total. The maximum atomic E-state index is 7.98. The van der Waals surface area contributed by atoms with Gasteiger partial charge in [-0.2, -0.15) is 0 Å². The Labute approximate surface area is 36.1 Å². The molecule has 0 aliphatic carbocycles. The van der Waals surface area contributed by atoms with E-state index in [0.29, 0.717) is 4.08 Å². The van der Waals surface area contributed by atoms with Gasteiger partial charge in [0.1, 0.15) is 0 Å². The molecule has 0 bridgehead atoms. The second-order valence-corrected chi connectivity index (χ2v) is 1.97. The fraction of sp³-hybridized carbons (Fsp3) is 0.500. The van der Waals surface area contributed by atoms with Crippen LogP contribution in [-0.2, 0) is 19.4 Å². The van der Waals surface area contributed by atoms with Gasteiger partial charge in [0.25, 0.3) is 0 Å². The maximum absolute atomic E-state index is 7.98. The molecule has 0 aliphatic rings. The summed E-state index contributed by atoms with van der Waals surface area (Å²) < 4.78 is 0.427. The third kappa shape index (κ3) is 21.6. The summed E-state index contributed by atoms with van der Waals surface area (Å²) >= 11 is 1.58. The zero-order chi connectivity index (χ0) is 3.58. The van der Waals surface area contributed by atoms with Crippen molar-refractivity contribution in [3.63, 3.8) is 0 Å². The van der Waals surface area contributed by atoms with Crippen molar-refractivity contribution in [2.24, 2.45) is 0 Å². The first-order chi connectivity index (χ1) is 1.73. The van der Waals surface area contributed by atoms with E-state index in [4.69, 9.17) is 5.11 Å². The molecule has 0 fully saturated rings. The first kappa shape index (κ1) is 4.52. The standard InChI is InChI=1S/C2H4O.Mo/c1-2-3;/h3H,1H3;. The Kier molecular flexibility index (Phi) is 2.04. The van der Waals surface area contributed by atoms with Crippen LogP contribution in [0.25, 0.3) is 0 Å². The molecule has 0 heterocycles. The monoisotopic (exact) mass is 142 g/mol. The van der Waals surface area contributed by atoms with E-state index < -0.39 is 0 Å². The topological polar surface area (TPSA) is 20.2 Å². The molecule has 0 aromatic carbocycles. The van der Waals surface area contributed by atoms with Gasteiger partial charge in [0.2, 0.25) is 0 Å². The molecular weight excluding hydrogens is 136 g/mol. The molecule has 0 spiro atoms. The van der Waals surface area contributed by atoms with Gasteiger partial charge in [0, 0.05) is 0 Å². The summed E-state index contributed by atoms with van der Waals surface area (Å²) in [6, 6.07) is 0. The molecular formula is C2H4MoO. The van der Waals surface area contributed by atoms with Crippen molar-refractivity contribution in [2.75, 3.05) is 0 Å². The summed E-state index contributed by atoms with van der Waals surface area (Å²) in [7, 11) is 0. The summed E-state index contributed by atoms with van der Waals surface area (Å²) in [5, 5.41) is 7.98. The molecule has 2 heteroatoms. The molecule has 24 valence electrons. The Morgan fingerprint density at radius 1 is 2.00 bits per heavy atom. The zero-order valence-corrected chi connectivity index (χ0v) is 4.36. The average Bonchev–Trinajstić information content (AvgIpc) is 0.811. The molecule has 0 aromatic heterocycles. The van der Waals surface area contributed by atoms with Crippen molar-refractivity contribution in [3.8, 4) is 0 Å². The summed E-state index contributed by atoms with van der Waals surface area (Å²) in [6.07, 6.45) is 0. The van der Waals surface area contributed by atoms with Crippen LogP contribution in [0.3, 0.4) is 0 Å². The van der Waals surface area contributed by atoms with Crippen molar-refractivity contribution in [3.05, 3.63) is 0 Å². The van der Waals surface area contributed by atoms with Gasteiger partial charge in [-0.15, -0.1) is 0 Å². The third-order valence-electron chi connectivity index (χ3n) is 0. The molecule has 0 aliphatic heterocycles. The Morgan fingerprint density at radius 2 is 2.00 bits per heavy atom. The van der Waals surface area contributed by atoms with Gasteiger partial charge in [-0.05, 0) is 0 Å². The van der Waals surface area contributed by atoms with Gasteiger partial charge < -0.3 is 0 Å². The Balaban J connectivity index is 2.80. The predicted molar refractivity (Wildman–Crippen MR) is 12.6 cm³/mol. The van der Waals surface area contributed by atoms with E-state index in [1.807, 2.05) is 0 Å². The Morgan fingerprint density at radius 3 is 2.00 bits per heavy atom. The molecule has 0 amide bonds. The van der Waals surface area contributed by atoms with E-state index in [9.17, 15) is 0 Å². The zero-order valence-electron chi connectivity index (χ0n) is 2.36. The number of aliphatic hydroxyl groups excluding tert-OH is 1. The number of hydrogen-bond acceptors (Lipinski definition) is 1. The van der Waals surface area contributed by atoms with Gasteiger partial charge in [-0.25, -0.2) is 0 Å². The van der Waals surface area contributed by atoms with Crippen molar-refractivity contribution in [1.29, 1.82) is 0 Å². The second kappa shape index (κ2) is 1.80. The van der Waals surface area contributed by atoms with Crippen LogP contribution in [0.4, 0.5) is 0 Å². The van der Waals surface area contributed by atoms with Gasteiger partial charge in [-0.3, -0.25) is 0 Å². The van der Waals surface area contributed by atoms with Gasteiger partial charge in [-0.1, -0.05) is 0 Å². The quantitative estimate of drug-likeness (QED) is 0.471. The van der Waals surface area contributed by atoms with Crippen LogP contribution in [-0.4, -0.2) is 9.19 Å². The molecule has 0 saturated heterocycles. The van der Waals surface area contributed by atoms with E-state index in [-0.39, 0.29) is 0 Å². The van der Waals surface area contributed by atoms with Crippen LogP contribution in [0, 0.1) is 0 Å². The van der Waals surface area contributed by atoms with E-state index in [1.165, 1.54) is 0 Å². The van der Waals surface area contributed by atoms with Crippen LogP contribution in [0.1, 0.15) is 6.92 Å². The van der Waals surface area contributed by atoms with E-state index in [0.717, 1.165) is 0 Å². The van der Waals surface area contributed by atoms with E-state index >= 15 is 0 Å². The Bertz CT molecular complexity index is 29.0. The Hall–Kier alpha value is 0.518. The molecule has 0 radical (unpaired) electrons. The minimum atomic E-state index is 0.427. The molecule has 0 saturated carbocycles. The van der Waals surface area contributed by atoms with Crippen LogP contribution in [0.15, 0.2) is 0 Å². The van der Waals surface area contributed by atoms with Gasteiger partial charge in [0.15, 0.2) is 0 Å². The average molecular weight is 140 g/mol. The molecule has 4 heavy (non-hydrogen) atoms. The third-order valence-corrected chi connectivity index (χ3v) is 0. The summed E-state index contributed by atoms with van der Waals surface area (Å²) in [5.74, 6) is 0. The van der Waals surface area contributed by atoms with Crippen LogP contribution >= 0.6 is 0 Å². The van der Waals surface area contributed by atoms with Crippen molar-refractivity contribution < 1.29 is 24.5 Å². The second-order valence-electron chi connectivity index (χ2n) is 0.519. The number of hydrogen-bond donors (Lipinski definition) is 1. The SMILES string of the molecule is C[C](O)=[Mo]. The van der Waals surface area contributed by atoms with Crippen molar-refractivity contribution in [2.45, 2.75) is 6.92 Å². The number of aliphatic hydroxyl groups is 1. The van der Waals surface area contributed by atoms with Crippen LogP contribution in [0.2, 0.25) is 0 Å². The minimum absolute atomic E-state index is 0.427. The molecule has 1 nitrogen and oxygen atoms in total. The molecule has 0 unspecified atom stereocenters. The molecule has 0 rings (SSSR count). The van der Waals surface area contributed by atoms with E-state index in [1.54, 1.807) is 26.3 Å². The van der Waals surface area contributed by atoms with Crippen LogP contribution < -0.4 is 0 Å². The summed E-state index contributed by atoms with van der Waals surface area (Å²) in [6.45, 7) is 1.64. The normalized spacial score (nSPS) is 6.50. The fourth-order valence-corrected chi connectivity index (χ4v) is 0. The summed E-state index contributed by atoms with van der Waals surface area (Å²) in [4.78, 5) is 0. The fourth-order valence-electron chi connectivity index (χ4n) is 0. The first-order valence-electron chi connectivity index (χ1n) is 0.928. The first-order valence-corrected chi connectivity index (χ1v) is 1.93. The van der Waals surface area contributed by atoms with Crippen molar-refractivity contribution >= 4 is 4.08 Å². The van der Waals surface area contributed by atoms with Gasteiger partial charge in [0.05, 0.1) is 0 Å². The molecule has 0 atom stereocenters. The van der Waals surface area contributed by atoms with Gasteiger partial charge >= 0.3 is 35.5 Å². The van der Waals surface area contributed by atoms with Crippen molar-refractivity contribution in [1.82, 2.24) is 0 Å². The molecule has 0 aromatic rings. The van der Waals surface area contributed by atoms with E-state index in [2.05, 4.69) is 0 Å². The van der Waals surface area contributed by atoms with Crippen LogP contribution in [0.5, 0.6) is 0 Å².